The van der Waals surface area contributed by atoms with E-state index in [-0.39, 0.29) is 5.78 Å². The van der Waals surface area contributed by atoms with Crippen molar-refractivity contribution in [3.8, 4) is 0 Å². The molecule has 0 saturated carbocycles. The lowest BCUT2D eigenvalue weighted by Gasteiger charge is -2.28. The Bertz CT molecular complexity index is 825. The normalized spacial score (nSPS) is 17.4. The van der Waals surface area contributed by atoms with Crippen LogP contribution < -0.4 is 4.90 Å². The van der Waals surface area contributed by atoms with Crippen LogP contribution in [0.5, 0.6) is 0 Å². The molecule has 0 bridgehead atoms. The lowest BCUT2D eigenvalue weighted by Crippen LogP contribution is -2.26. The topological polar surface area (TPSA) is 23.6 Å². The fourth-order valence-electron chi connectivity index (χ4n) is 3.82. The maximum atomic E-state index is 12.6. The summed E-state index contributed by atoms with van der Waals surface area (Å²) in [5.41, 5.74) is 6.04. The zero-order chi connectivity index (χ0) is 17.2. The van der Waals surface area contributed by atoms with Gasteiger partial charge in [-0.2, -0.15) is 0 Å². The van der Waals surface area contributed by atoms with Gasteiger partial charge in [-0.25, -0.2) is 0 Å². The van der Waals surface area contributed by atoms with Crippen LogP contribution in [0.1, 0.15) is 33.5 Å². The summed E-state index contributed by atoms with van der Waals surface area (Å²) in [5.74, 6) is 0.0825. The number of para-hydroxylation sites is 1. The molecule has 4 rings (SSSR count). The van der Waals surface area contributed by atoms with Crippen molar-refractivity contribution >= 4 is 11.5 Å². The molecule has 3 heteroatoms. The van der Waals surface area contributed by atoms with E-state index in [4.69, 9.17) is 0 Å². The average Bonchev–Trinajstić information content (AvgIpc) is 2.65. The Labute approximate surface area is 149 Å². The summed E-state index contributed by atoms with van der Waals surface area (Å²) in [6, 6.07) is 14.6. The molecule has 0 N–H and O–H groups in total. The van der Waals surface area contributed by atoms with E-state index in [2.05, 4.69) is 53.2 Å². The van der Waals surface area contributed by atoms with E-state index in [0.29, 0.717) is 0 Å². The Morgan fingerprint density at radius 3 is 2.80 bits per heavy atom. The molecule has 25 heavy (non-hydrogen) atoms. The Balaban J connectivity index is 1.53. The number of likely N-dealkylation sites (N-methyl/N-ethyl adjacent to an activating group) is 1. The molecule has 2 aliphatic heterocycles. The zero-order valence-electron chi connectivity index (χ0n) is 14.7. The molecule has 2 heterocycles. The molecule has 0 saturated heterocycles. The number of carbonyl (C=O) groups is 1. The van der Waals surface area contributed by atoms with E-state index in [1.165, 1.54) is 22.4 Å². The van der Waals surface area contributed by atoms with Gasteiger partial charge in [0, 0.05) is 43.2 Å². The van der Waals surface area contributed by atoms with Crippen molar-refractivity contribution in [2.24, 2.45) is 0 Å². The van der Waals surface area contributed by atoms with Gasteiger partial charge in [0.25, 0.3) is 0 Å². The van der Waals surface area contributed by atoms with Crippen LogP contribution in [0, 0.1) is 0 Å². The summed E-state index contributed by atoms with van der Waals surface area (Å²) in [4.78, 5) is 17.1. The first-order chi connectivity index (χ1) is 12.2. The Morgan fingerprint density at radius 2 is 1.88 bits per heavy atom. The molecule has 3 nitrogen and oxygen atoms in total. The molecule has 2 aromatic rings. The Hall–Kier alpha value is -2.39. The summed E-state index contributed by atoms with van der Waals surface area (Å²) in [5, 5.41) is 0. The number of fused-ring (bicyclic) bond motifs is 2. The standard InChI is InChI=1S/C22H24N2O/c1-23-13-10-17-8-9-19(15-20(17)16-23)22(25)11-14-24-12-4-6-18-5-2-3-7-21(18)24/h2-3,5,7-9,11,14-15H,4,6,10,12-13,16H2,1H3. The van der Waals surface area contributed by atoms with Crippen LogP contribution in [0.15, 0.2) is 54.7 Å². The predicted molar refractivity (Wildman–Crippen MR) is 102 cm³/mol. The SMILES string of the molecule is CN1CCc2ccc(C(=O)C=CN3CCCc4ccccc43)cc2C1. The van der Waals surface area contributed by atoms with Gasteiger partial charge in [-0.05, 0) is 55.1 Å². The van der Waals surface area contributed by atoms with Crippen LogP contribution in [0.2, 0.25) is 0 Å². The number of ketones is 1. The van der Waals surface area contributed by atoms with Gasteiger partial charge in [0.1, 0.15) is 0 Å². The first-order valence-corrected chi connectivity index (χ1v) is 9.08. The number of rotatable bonds is 3. The maximum Gasteiger partial charge on any atom is 0.187 e. The number of anilines is 1. The zero-order valence-corrected chi connectivity index (χ0v) is 14.7. The number of hydrogen-bond acceptors (Lipinski definition) is 3. The van der Waals surface area contributed by atoms with Crippen LogP contribution in [-0.4, -0.2) is 30.8 Å². The Kier molecular flexibility index (Phi) is 4.41. The highest BCUT2D eigenvalue weighted by atomic mass is 16.1. The molecule has 0 aromatic heterocycles. The van der Waals surface area contributed by atoms with E-state index in [1.54, 1.807) is 6.08 Å². The molecule has 0 aliphatic carbocycles. The summed E-state index contributed by atoms with van der Waals surface area (Å²) < 4.78 is 0. The van der Waals surface area contributed by atoms with Crippen molar-refractivity contribution in [2.45, 2.75) is 25.8 Å². The highest BCUT2D eigenvalue weighted by molar-refractivity contribution is 6.04. The lowest BCUT2D eigenvalue weighted by atomic mass is 9.96. The summed E-state index contributed by atoms with van der Waals surface area (Å²) >= 11 is 0. The second-order valence-corrected chi connectivity index (χ2v) is 7.08. The monoisotopic (exact) mass is 332 g/mol. The minimum atomic E-state index is 0.0825. The minimum Gasteiger partial charge on any atom is -0.348 e. The smallest absolute Gasteiger partial charge is 0.187 e. The fourth-order valence-corrected chi connectivity index (χ4v) is 3.82. The molecule has 0 radical (unpaired) electrons. The van der Waals surface area contributed by atoms with Gasteiger partial charge in [0.15, 0.2) is 5.78 Å². The largest absolute Gasteiger partial charge is 0.348 e. The van der Waals surface area contributed by atoms with Gasteiger partial charge in [0.05, 0.1) is 0 Å². The number of allylic oxidation sites excluding steroid dienone is 1. The number of hydrogen-bond donors (Lipinski definition) is 0. The second kappa shape index (κ2) is 6.85. The lowest BCUT2D eigenvalue weighted by molar-refractivity contribution is 0.104. The molecular weight excluding hydrogens is 308 g/mol. The molecule has 2 aliphatic rings. The minimum absolute atomic E-state index is 0.0825. The predicted octanol–water partition coefficient (Wildman–Crippen LogP) is 3.82. The summed E-state index contributed by atoms with van der Waals surface area (Å²) in [6.45, 7) is 2.99. The first-order valence-electron chi connectivity index (χ1n) is 9.08. The summed E-state index contributed by atoms with van der Waals surface area (Å²) in [7, 11) is 2.13. The van der Waals surface area contributed by atoms with Crippen LogP contribution >= 0.6 is 0 Å². The van der Waals surface area contributed by atoms with Crippen LogP contribution in [0.4, 0.5) is 5.69 Å². The van der Waals surface area contributed by atoms with Gasteiger partial charge in [-0.3, -0.25) is 4.79 Å². The molecular formula is C22H24N2O. The fraction of sp³-hybridized carbons (Fsp3) is 0.318. The number of aryl methyl sites for hydroxylation is 1. The number of benzene rings is 2. The van der Waals surface area contributed by atoms with Crippen molar-refractivity contribution in [2.75, 3.05) is 25.0 Å². The van der Waals surface area contributed by atoms with E-state index in [0.717, 1.165) is 44.5 Å². The number of nitrogens with zero attached hydrogens (tertiary/aromatic N) is 2. The highest BCUT2D eigenvalue weighted by Gasteiger charge is 2.16. The van der Waals surface area contributed by atoms with Gasteiger partial charge < -0.3 is 9.80 Å². The number of carbonyl (C=O) groups excluding carboxylic acids is 1. The average molecular weight is 332 g/mol. The van der Waals surface area contributed by atoms with Crippen molar-refractivity contribution in [1.82, 2.24) is 4.90 Å². The maximum absolute atomic E-state index is 12.6. The van der Waals surface area contributed by atoms with Crippen LogP contribution in [-0.2, 0) is 19.4 Å². The van der Waals surface area contributed by atoms with Gasteiger partial charge in [-0.15, -0.1) is 0 Å². The van der Waals surface area contributed by atoms with Crippen molar-refractivity contribution in [1.29, 1.82) is 0 Å². The molecule has 0 amide bonds. The van der Waals surface area contributed by atoms with E-state index in [9.17, 15) is 4.79 Å². The van der Waals surface area contributed by atoms with E-state index < -0.39 is 0 Å². The van der Waals surface area contributed by atoms with Crippen molar-refractivity contribution in [3.63, 3.8) is 0 Å². The van der Waals surface area contributed by atoms with Gasteiger partial charge in [0.2, 0.25) is 0 Å². The van der Waals surface area contributed by atoms with Crippen LogP contribution in [0.25, 0.3) is 0 Å². The van der Waals surface area contributed by atoms with E-state index in [1.807, 2.05) is 12.3 Å². The quantitative estimate of drug-likeness (QED) is 0.630. The molecule has 0 atom stereocenters. The molecule has 0 unspecified atom stereocenters. The third-order valence-corrected chi connectivity index (χ3v) is 5.25. The van der Waals surface area contributed by atoms with Crippen LogP contribution in [0.3, 0.4) is 0 Å². The second-order valence-electron chi connectivity index (χ2n) is 7.08. The van der Waals surface area contributed by atoms with Crippen molar-refractivity contribution < 1.29 is 4.79 Å². The molecule has 0 fully saturated rings. The molecule has 0 spiro atoms. The highest BCUT2D eigenvalue weighted by Crippen LogP contribution is 2.27. The van der Waals surface area contributed by atoms with Crippen molar-refractivity contribution in [3.05, 3.63) is 77.0 Å². The Morgan fingerprint density at radius 1 is 1.00 bits per heavy atom. The first kappa shape index (κ1) is 16.1. The molecule has 2 aromatic carbocycles. The van der Waals surface area contributed by atoms with Gasteiger partial charge >= 0.3 is 0 Å². The third-order valence-electron chi connectivity index (χ3n) is 5.25. The third kappa shape index (κ3) is 3.38. The molecule has 128 valence electrons. The summed E-state index contributed by atoms with van der Waals surface area (Å²) in [6.07, 6.45) is 6.98. The van der Waals surface area contributed by atoms with Gasteiger partial charge in [-0.1, -0.05) is 30.3 Å². The van der Waals surface area contributed by atoms with E-state index >= 15 is 0 Å².